The number of hydrogen-bond acceptors (Lipinski definition) is 3. The smallest absolute Gasteiger partial charge is 0.191 e. The first-order chi connectivity index (χ1) is 12.7. The van der Waals surface area contributed by atoms with Gasteiger partial charge in [0.15, 0.2) is 11.8 Å². The molecule has 2 aromatic rings. The lowest BCUT2D eigenvalue weighted by Crippen LogP contribution is -2.39. The molecule has 0 bridgehead atoms. The van der Waals surface area contributed by atoms with Crippen LogP contribution < -0.4 is 10.6 Å². The van der Waals surface area contributed by atoms with Crippen LogP contribution in [0.5, 0.6) is 0 Å². The van der Waals surface area contributed by atoms with Gasteiger partial charge in [-0.1, -0.05) is 43.2 Å². The van der Waals surface area contributed by atoms with E-state index in [4.69, 9.17) is 0 Å². The van der Waals surface area contributed by atoms with Gasteiger partial charge in [0.05, 0.1) is 6.54 Å². The predicted octanol–water partition coefficient (Wildman–Crippen LogP) is 3.40. The number of guanidine groups is 1. The molecule has 1 unspecified atom stereocenters. The average Bonchev–Trinajstić information content (AvgIpc) is 2.88. The third-order valence-electron chi connectivity index (χ3n) is 5.05. The Bertz CT molecular complexity index is 737. The standard InChI is InChI=1S/C20H30N6.HI/c1-15-8-10-17(11-9-15)16(2)13-22-20(21-3)23-14-19-25-24-18-7-5-4-6-12-26(18)19;/h8-11,16H,4-7,12-14H2,1-3H3,(H2,21,22,23);1H. The normalized spacial score (nSPS) is 15.3. The second kappa shape index (κ2) is 10.6. The molecule has 148 valence electrons. The Hall–Kier alpha value is -1.64. The van der Waals surface area contributed by atoms with Crippen molar-refractivity contribution in [2.75, 3.05) is 13.6 Å². The van der Waals surface area contributed by atoms with Crippen LogP contribution >= 0.6 is 24.0 Å². The Morgan fingerprint density at radius 1 is 1.15 bits per heavy atom. The minimum atomic E-state index is 0. The van der Waals surface area contributed by atoms with Gasteiger partial charge in [-0.05, 0) is 31.2 Å². The topological polar surface area (TPSA) is 67.1 Å². The molecule has 0 saturated heterocycles. The first-order valence-corrected chi connectivity index (χ1v) is 9.59. The molecule has 6 nitrogen and oxygen atoms in total. The van der Waals surface area contributed by atoms with Crippen molar-refractivity contribution >= 4 is 29.9 Å². The van der Waals surface area contributed by atoms with Gasteiger partial charge in [-0.25, -0.2) is 0 Å². The first kappa shape index (κ1) is 21.7. The zero-order valence-corrected chi connectivity index (χ0v) is 18.9. The van der Waals surface area contributed by atoms with Gasteiger partial charge >= 0.3 is 0 Å². The summed E-state index contributed by atoms with van der Waals surface area (Å²) in [4.78, 5) is 4.33. The molecule has 0 radical (unpaired) electrons. The molecular formula is C20H31IN6. The summed E-state index contributed by atoms with van der Waals surface area (Å²) < 4.78 is 2.27. The van der Waals surface area contributed by atoms with Crippen LogP contribution in [0.15, 0.2) is 29.3 Å². The van der Waals surface area contributed by atoms with Gasteiger partial charge in [-0.3, -0.25) is 4.99 Å². The van der Waals surface area contributed by atoms with Crippen LogP contribution in [0.1, 0.15) is 54.9 Å². The van der Waals surface area contributed by atoms with Crippen LogP contribution in [0, 0.1) is 6.92 Å². The molecule has 0 amide bonds. The molecule has 27 heavy (non-hydrogen) atoms. The van der Waals surface area contributed by atoms with E-state index >= 15 is 0 Å². The molecule has 1 aliphatic heterocycles. The largest absolute Gasteiger partial charge is 0.356 e. The molecule has 0 fully saturated rings. The van der Waals surface area contributed by atoms with Crippen molar-refractivity contribution in [3.63, 3.8) is 0 Å². The number of fused-ring (bicyclic) bond motifs is 1. The van der Waals surface area contributed by atoms with E-state index in [1.54, 1.807) is 7.05 Å². The average molecular weight is 482 g/mol. The molecular weight excluding hydrogens is 451 g/mol. The third-order valence-corrected chi connectivity index (χ3v) is 5.05. The lowest BCUT2D eigenvalue weighted by Gasteiger charge is -2.16. The summed E-state index contributed by atoms with van der Waals surface area (Å²) in [7, 11) is 1.80. The fourth-order valence-electron chi connectivity index (χ4n) is 3.32. The highest BCUT2D eigenvalue weighted by Crippen LogP contribution is 2.15. The van der Waals surface area contributed by atoms with Gasteiger partial charge in [0.2, 0.25) is 0 Å². The SMILES string of the molecule is CN=C(NCc1nnc2n1CCCCC2)NCC(C)c1ccc(C)cc1.I. The van der Waals surface area contributed by atoms with E-state index in [0.717, 1.165) is 37.1 Å². The maximum Gasteiger partial charge on any atom is 0.191 e. The van der Waals surface area contributed by atoms with Crippen LogP contribution in [0.25, 0.3) is 0 Å². The van der Waals surface area contributed by atoms with Crippen molar-refractivity contribution in [2.45, 2.75) is 58.5 Å². The molecule has 0 saturated carbocycles. The lowest BCUT2D eigenvalue weighted by molar-refractivity contribution is 0.595. The van der Waals surface area contributed by atoms with Gasteiger partial charge < -0.3 is 15.2 Å². The number of aliphatic imine (C=N–C) groups is 1. The van der Waals surface area contributed by atoms with Crippen molar-refractivity contribution in [3.8, 4) is 0 Å². The summed E-state index contributed by atoms with van der Waals surface area (Å²) in [6.07, 6.45) is 4.73. The minimum Gasteiger partial charge on any atom is -0.356 e. The second-order valence-electron chi connectivity index (χ2n) is 7.11. The highest BCUT2D eigenvalue weighted by Gasteiger charge is 2.15. The van der Waals surface area contributed by atoms with Gasteiger partial charge in [-0.15, -0.1) is 34.2 Å². The first-order valence-electron chi connectivity index (χ1n) is 9.59. The van der Waals surface area contributed by atoms with Crippen molar-refractivity contribution in [3.05, 3.63) is 47.0 Å². The molecule has 1 atom stereocenters. The quantitative estimate of drug-likeness (QED) is 0.390. The number of nitrogens with one attached hydrogen (secondary N) is 2. The van der Waals surface area contributed by atoms with E-state index in [-0.39, 0.29) is 24.0 Å². The maximum atomic E-state index is 4.36. The van der Waals surface area contributed by atoms with Crippen molar-refractivity contribution in [2.24, 2.45) is 4.99 Å². The second-order valence-corrected chi connectivity index (χ2v) is 7.11. The Balaban J connectivity index is 0.00000261. The number of benzene rings is 1. The Labute approximate surface area is 179 Å². The third kappa shape index (κ3) is 5.92. The van der Waals surface area contributed by atoms with Gasteiger partial charge in [0.1, 0.15) is 5.82 Å². The van der Waals surface area contributed by atoms with Gasteiger partial charge in [-0.2, -0.15) is 0 Å². The van der Waals surface area contributed by atoms with Crippen LogP contribution in [0.2, 0.25) is 0 Å². The van der Waals surface area contributed by atoms with Crippen LogP contribution in [0.3, 0.4) is 0 Å². The summed E-state index contributed by atoms with van der Waals surface area (Å²) in [6.45, 7) is 6.84. The molecule has 2 heterocycles. The summed E-state index contributed by atoms with van der Waals surface area (Å²) in [6, 6.07) is 8.72. The summed E-state index contributed by atoms with van der Waals surface area (Å²) in [5, 5.41) is 15.5. The van der Waals surface area contributed by atoms with E-state index in [0.29, 0.717) is 12.5 Å². The summed E-state index contributed by atoms with van der Waals surface area (Å²) in [5.74, 6) is 3.33. The van der Waals surface area contributed by atoms with E-state index < -0.39 is 0 Å². The lowest BCUT2D eigenvalue weighted by atomic mass is 10.0. The molecule has 3 rings (SSSR count). The van der Waals surface area contributed by atoms with E-state index in [1.165, 1.54) is 30.4 Å². The number of hydrogen-bond donors (Lipinski definition) is 2. The zero-order valence-electron chi connectivity index (χ0n) is 16.5. The zero-order chi connectivity index (χ0) is 18.4. The number of nitrogens with zero attached hydrogens (tertiary/aromatic N) is 4. The molecule has 1 aromatic heterocycles. The van der Waals surface area contributed by atoms with Gasteiger partial charge in [0.25, 0.3) is 0 Å². The van der Waals surface area contributed by atoms with Crippen molar-refractivity contribution in [1.29, 1.82) is 0 Å². The highest BCUT2D eigenvalue weighted by molar-refractivity contribution is 14.0. The molecule has 7 heteroatoms. The van der Waals surface area contributed by atoms with Crippen molar-refractivity contribution in [1.82, 2.24) is 25.4 Å². The Morgan fingerprint density at radius 3 is 2.67 bits per heavy atom. The molecule has 1 aliphatic rings. The Morgan fingerprint density at radius 2 is 1.93 bits per heavy atom. The fraction of sp³-hybridized carbons (Fsp3) is 0.550. The summed E-state index contributed by atoms with van der Waals surface area (Å²) in [5.41, 5.74) is 2.63. The van der Waals surface area contributed by atoms with E-state index in [2.05, 4.69) is 68.5 Å². The highest BCUT2D eigenvalue weighted by atomic mass is 127. The maximum absolute atomic E-state index is 4.36. The number of aryl methyl sites for hydroxylation is 2. The number of halogens is 1. The molecule has 0 spiro atoms. The number of aromatic nitrogens is 3. The van der Waals surface area contributed by atoms with Gasteiger partial charge in [0, 0.05) is 26.6 Å². The van der Waals surface area contributed by atoms with E-state index in [1.807, 2.05) is 0 Å². The van der Waals surface area contributed by atoms with Crippen LogP contribution in [0.4, 0.5) is 0 Å². The monoisotopic (exact) mass is 482 g/mol. The predicted molar refractivity (Wildman–Crippen MR) is 121 cm³/mol. The van der Waals surface area contributed by atoms with Crippen LogP contribution in [-0.2, 0) is 19.5 Å². The molecule has 2 N–H and O–H groups in total. The fourth-order valence-corrected chi connectivity index (χ4v) is 3.32. The Kier molecular flexibility index (Phi) is 8.53. The summed E-state index contributed by atoms with van der Waals surface area (Å²) >= 11 is 0. The van der Waals surface area contributed by atoms with Crippen molar-refractivity contribution < 1.29 is 0 Å². The minimum absolute atomic E-state index is 0. The molecule has 1 aromatic carbocycles. The molecule has 0 aliphatic carbocycles. The number of rotatable bonds is 5. The van der Waals surface area contributed by atoms with E-state index in [9.17, 15) is 0 Å². The van der Waals surface area contributed by atoms with Crippen LogP contribution in [-0.4, -0.2) is 34.3 Å².